The minimum atomic E-state index is -0.427. The first kappa shape index (κ1) is 20.5. The predicted octanol–water partition coefficient (Wildman–Crippen LogP) is 4.86. The monoisotopic (exact) mass is 381 g/mol. The Labute approximate surface area is 165 Å². The molecule has 0 aromatic heterocycles. The number of rotatable bonds is 9. The van der Waals surface area contributed by atoms with E-state index in [4.69, 9.17) is 11.6 Å². The Morgan fingerprint density at radius 2 is 1.89 bits per heavy atom. The molecular formula is C22H24ClN3O. The van der Waals surface area contributed by atoms with E-state index < -0.39 is 5.91 Å². The normalized spacial score (nSPS) is 10.9. The number of nitrogens with one attached hydrogen (secondary N) is 2. The fourth-order valence-corrected chi connectivity index (χ4v) is 2.80. The van der Waals surface area contributed by atoms with Crippen LogP contribution < -0.4 is 10.6 Å². The Morgan fingerprint density at radius 3 is 2.56 bits per heavy atom. The van der Waals surface area contributed by atoms with Gasteiger partial charge >= 0.3 is 0 Å². The highest BCUT2D eigenvalue weighted by Crippen LogP contribution is 2.15. The van der Waals surface area contributed by atoms with Crippen molar-refractivity contribution in [3.8, 4) is 6.07 Å². The van der Waals surface area contributed by atoms with Gasteiger partial charge in [0.2, 0.25) is 0 Å². The van der Waals surface area contributed by atoms with Crippen LogP contribution in [0.4, 0.5) is 5.69 Å². The Kier molecular flexibility index (Phi) is 8.41. The van der Waals surface area contributed by atoms with E-state index >= 15 is 0 Å². The molecule has 140 valence electrons. The molecule has 0 unspecified atom stereocenters. The lowest BCUT2D eigenvalue weighted by Gasteiger charge is -2.07. The number of nitriles is 1. The summed E-state index contributed by atoms with van der Waals surface area (Å²) in [7, 11) is 0. The molecule has 5 heteroatoms. The SMILES string of the molecule is CCCCc1ccc(NC(=O)/C(C#N)=C\NCCc2ccccc2Cl)cc1. The number of hydrogen-bond acceptors (Lipinski definition) is 3. The van der Waals surface area contributed by atoms with Crippen molar-refractivity contribution < 1.29 is 4.79 Å². The van der Waals surface area contributed by atoms with Gasteiger partial charge in [-0.25, -0.2) is 0 Å². The summed E-state index contributed by atoms with van der Waals surface area (Å²) in [5, 5.41) is 15.7. The molecular weight excluding hydrogens is 358 g/mol. The quantitative estimate of drug-likeness (QED) is 0.370. The fourth-order valence-electron chi connectivity index (χ4n) is 2.56. The van der Waals surface area contributed by atoms with Crippen LogP contribution in [0.2, 0.25) is 5.02 Å². The molecule has 27 heavy (non-hydrogen) atoms. The molecule has 0 bridgehead atoms. The third-order valence-electron chi connectivity index (χ3n) is 4.14. The first-order valence-corrected chi connectivity index (χ1v) is 9.49. The van der Waals surface area contributed by atoms with Crippen LogP contribution in [-0.2, 0) is 17.6 Å². The lowest BCUT2D eigenvalue weighted by atomic mass is 10.1. The zero-order valence-electron chi connectivity index (χ0n) is 15.5. The number of carbonyl (C=O) groups is 1. The minimum Gasteiger partial charge on any atom is -0.389 e. The van der Waals surface area contributed by atoms with Gasteiger partial charge in [-0.1, -0.05) is 55.3 Å². The van der Waals surface area contributed by atoms with E-state index in [1.54, 1.807) is 0 Å². The van der Waals surface area contributed by atoms with Gasteiger partial charge in [-0.15, -0.1) is 0 Å². The molecule has 0 spiro atoms. The summed E-state index contributed by atoms with van der Waals surface area (Å²) >= 11 is 6.11. The standard InChI is InChI=1S/C22H24ClN3O/c1-2-3-6-17-9-11-20(12-10-17)26-22(27)19(15-24)16-25-14-13-18-7-4-5-8-21(18)23/h4-5,7-12,16,25H,2-3,6,13-14H2,1H3,(H,26,27)/b19-16-. The molecule has 1 amide bonds. The van der Waals surface area contributed by atoms with Gasteiger partial charge in [-0.3, -0.25) is 4.79 Å². The average molecular weight is 382 g/mol. The molecule has 4 nitrogen and oxygen atoms in total. The molecule has 0 saturated carbocycles. The number of halogens is 1. The summed E-state index contributed by atoms with van der Waals surface area (Å²) in [6.07, 6.45) is 5.48. The molecule has 2 aromatic rings. The number of anilines is 1. The zero-order chi connectivity index (χ0) is 19.5. The maximum atomic E-state index is 12.3. The number of aryl methyl sites for hydroxylation is 1. The maximum absolute atomic E-state index is 12.3. The second-order valence-electron chi connectivity index (χ2n) is 6.22. The predicted molar refractivity (Wildman–Crippen MR) is 111 cm³/mol. The summed E-state index contributed by atoms with van der Waals surface area (Å²) in [5.41, 5.74) is 2.97. The van der Waals surface area contributed by atoms with Crippen LogP contribution in [0.15, 0.2) is 60.3 Å². The van der Waals surface area contributed by atoms with Gasteiger partial charge in [0.1, 0.15) is 11.6 Å². The van der Waals surface area contributed by atoms with E-state index in [1.165, 1.54) is 11.8 Å². The van der Waals surface area contributed by atoms with Crippen LogP contribution in [0.5, 0.6) is 0 Å². The van der Waals surface area contributed by atoms with Crippen LogP contribution in [-0.4, -0.2) is 12.5 Å². The highest BCUT2D eigenvalue weighted by molar-refractivity contribution is 6.31. The van der Waals surface area contributed by atoms with Crippen molar-refractivity contribution in [3.05, 3.63) is 76.5 Å². The summed E-state index contributed by atoms with van der Waals surface area (Å²) in [5.74, 6) is -0.427. The van der Waals surface area contributed by atoms with E-state index in [0.29, 0.717) is 23.7 Å². The number of carbonyl (C=O) groups excluding carboxylic acids is 1. The lowest BCUT2D eigenvalue weighted by Crippen LogP contribution is -2.18. The van der Waals surface area contributed by atoms with E-state index in [2.05, 4.69) is 17.6 Å². The Bertz CT molecular complexity index is 822. The molecule has 2 aromatic carbocycles. The number of amides is 1. The van der Waals surface area contributed by atoms with Crippen LogP contribution in [0.1, 0.15) is 30.9 Å². The van der Waals surface area contributed by atoms with Crippen molar-refractivity contribution in [2.45, 2.75) is 32.6 Å². The molecule has 0 aliphatic rings. The smallest absolute Gasteiger partial charge is 0.267 e. The Hall–Kier alpha value is -2.77. The van der Waals surface area contributed by atoms with Gasteiger partial charge in [-0.05, 0) is 48.6 Å². The van der Waals surface area contributed by atoms with Gasteiger partial charge in [0, 0.05) is 23.5 Å². The summed E-state index contributed by atoms with van der Waals surface area (Å²) in [6.45, 7) is 2.74. The van der Waals surface area contributed by atoms with Gasteiger partial charge < -0.3 is 10.6 Å². The number of unbranched alkanes of at least 4 members (excludes halogenated alkanes) is 1. The Balaban J connectivity index is 1.86. The topological polar surface area (TPSA) is 64.9 Å². The van der Waals surface area contributed by atoms with Gasteiger partial charge in [0.05, 0.1) is 0 Å². The highest BCUT2D eigenvalue weighted by atomic mass is 35.5. The van der Waals surface area contributed by atoms with Crippen LogP contribution in [0.25, 0.3) is 0 Å². The summed E-state index contributed by atoms with van der Waals surface area (Å²) in [6, 6.07) is 17.3. The number of hydrogen-bond donors (Lipinski definition) is 2. The fraction of sp³-hybridized carbons (Fsp3) is 0.273. The van der Waals surface area contributed by atoms with E-state index in [-0.39, 0.29) is 5.57 Å². The first-order valence-electron chi connectivity index (χ1n) is 9.11. The molecule has 0 fully saturated rings. The summed E-state index contributed by atoms with van der Waals surface area (Å²) < 4.78 is 0. The molecule has 0 aliphatic carbocycles. The molecule has 0 atom stereocenters. The highest BCUT2D eigenvalue weighted by Gasteiger charge is 2.09. The van der Waals surface area contributed by atoms with Crippen LogP contribution in [0, 0.1) is 11.3 Å². The molecule has 2 N–H and O–H groups in total. The van der Waals surface area contributed by atoms with Crippen molar-refractivity contribution >= 4 is 23.2 Å². The number of benzene rings is 2. The third-order valence-corrected chi connectivity index (χ3v) is 4.51. The van der Waals surface area contributed by atoms with Gasteiger partial charge in [0.15, 0.2) is 0 Å². The zero-order valence-corrected chi connectivity index (χ0v) is 16.2. The van der Waals surface area contributed by atoms with E-state index in [9.17, 15) is 10.1 Å². The minimum absolute atomic E-state index is 0.0317. The van der Waals surface area contributed by atoms with E-state index in [0.717, 1.165) is 24.8 Å². The van der Waals surface area contributed by atoms with Gasteiger partial charge in [0.25, 0.3) is 5.91 Å². The Morgan fingerprint density at radius 1 is 1.15 bits per heavy atom. The second-order valence-corrected chi connectivity index (χ2v) is 6.63. The van der Waals surface area contributed by atoms with Crippen molar-refractivity contribution in [3.63, 3.8) is 0 Å². The summed E-state index contributed by atoms with van der Waals surface area (Å²) in [4.78, 5) is 12.3. The van der Waals surface area contributed by atoms with E-state index in [1.807, 2.05) is 54.6 Å². The molecule has 0 radical (unpaired) electrons. The van der Waals surface area contributed by atoms with Gasteiger partial charge in [-0.2, -0.15) is 5.26 Å². The van der Waals surface area contributed by atoms with Crippen LogP contribution >= 0.6 is 11.6 Å². The van der Waals surface area contributed by atoms with Crippen molar-refractivity contribution in [2.75, 3.05) is 11.9 Å². The second kappa shape index (κ2) is 11.1. The largest absolute Gasteiger partial charge is 0.389 e. The molecule has 0 saturated heterocycles. The number of nitrogens with zero attached hydrogens (tertiary/aromatic N) is 1. The molecule has 0 aliphatic heterocycles. The molecule has 0 heterocycles. The third kappa shape index (κ3) is 6.80. The first-order chi connectivity index (χ1) is 13.1. The maximum Gasteiger partial charge on any atom is 0.267 e. The van der Waals surface area contributed by atoms with Crippen molar-refractivity contribution in [2.24, 2.45) is 0 Å². The van der Waals surface area contributed by atoms with Crippen LogP contribution in [0.3, 0.4) is 0 Å². The van der Waals surface area contributed by atoms with Crippen molar-refractivity contribution in [1.82, 2.24) is 5.32 Å². The van der Waals surface area contributed by atoms with Crippen molar-refractivity contribution in [1.29, 1.82) is 5.26 Å². The molecule has 2 rings (SSSR count). The average Bonchev–Trinajstić information content (AvgIpc) is 2.68. The lowest BCUT2D eigenvalue weighted by molar-refractivity contribution is -0.112.